The summed E-state index contributed by atoms with van der Waals surface area (Å²) in [5.41, 5.74) is 0. The Kier molecular flexibility index (Phi) is 4.22. The predicted octanol–water partition coefficient (Wildman–Crippen LogP) is 1.82. The van der Waals surface area contributed by atoms with Crippen molar-refractivity contribution in [1.82, 2.24) is 10.6 Å². The Morgan fingerprint density at radius 1 is 1.19 bits per heavy atom. The minimum Gasteiger partial charge on any atom is -0.356 e. The van der Waals surface area contributed by atoms with Crippen LogP contribution in [0.4, 0.5) is 0 Å². The number of rotatable bonds is 2. The Bertz CT molecular complexity index is 242. The summed E-state index contributed by atoms with van der Waals surface area (Å²) >= 11 is 0. The van der Waals surface area contributed by atoms with Gasteiger partial charge in [-0.15, -0.1) is 0 Å². The predicted molar refractivity (Wildman–Crippen MR) is 65.2 cm³/mol. The highest BCUT2D eigenvalue weighted by molar-refractivity contribution is 5.76. The fraction of sp³-hybridized carbons (Fsp3) is 0.923. The van der Waals surface area contributed by atoms with Crippen molar-refractivity contribution in [3.8, 4) is 0 Å². The molecule has 0 radical (unpaired) electrons. The average molecular weight is 224 g/mol. The number of nitrogens with one attached hydrogen (secondary N) is 2. The summed E-state index contributed by atoms with van der Waals surface area (Å²) < 4.78 is 0. The molecule has 1 aliphatic carbocycles. The summed E-state index contributed by atoms with van der Waals surface area (Å²) in [6.07, 6.45) is 8.24. The van der Waals surface area contributed by atoms with Crippen LogP contribution in [0.15, 0.2) is 0 Å². The van der Waals surface area contributed by atoms with E-state index in [1.54, 1.807) is 0 Å². The molecular weight excluding hydrogens is 200 g/mol. The fourth-order valence-corrected chi connectivity index (χ4v) is 3.04. The molecule has 0 aromatic rings. The standard InChI is InChI=1S/C13H24N2O/c1-10-4-2-5-11(8-10)15-12-6-3-7-14-13(16)9-12/h10-12,15H,2-9H2,1H3,(H,14,16). The van der Waals surface area contributed by atoms with E-state index in [0.717, 1.165) is 25.3 Å². The highest BCUT2D eigenvalue weighted by Gasteiger charge is 2.23. The first kappa shape index (κ1) is 11.9. The molecule has 0 spiro atoms. The Hall–Kier alpha value is -0.570. The lowest BCUT2D eigenvalue weighted by atomic mass is 9.86. The van der Waals surface area contributed by atoms with E-state index in [0.29, 0.717) is 18.5 Å². The van der Waals surface area contributed by atoms with Crippen molar-refractivity contribution in [1.29, 1.82) is 0 Å². The van der Waals surface area contributed by atoms with E-state index >= 15 is 0 Å². The normalized spacial score (nSPS) is 36.6. The lowest BCUT2D eigenvalue weighted by Crippen LogP contribution is -2.42. The molecule has 1 heterocycles. The first-order chi connectivity index (χ1) is 7.74. The van der Waals surface area contributed by atoms with Crippen LogP contribution in [0.25, 0.3) is 0 Å². The van der Waals surface area contributed by atoms with Crippen molar-refractivity contribution in [2.75, 3.05) is 6.54 Å². The summed E-state index contributed by atoms with van der Waals surface area (Å²) in [5.74, 6) is 1.07. The Morgan fingerprint density at radius 2 is 2.00 bits per heavy atom. The monoisotopic (exact) mass is 224 g/mol. The smallest absolute Gasteiger partial charge is 0.221 e. The molecule has 2 rings (SSSR count). The molecule has 1 amide bonds. The lowest BCUT2D eigenvalue weighted by molar-refractivity contribution is -0.121. The third-order valence-corrected chi connectivity index (χ3v) is 3.89. The molecule has 3 unspecified atom stereocenters. The van der Waals surface area contributed by atoms with Crippen LogP contribution in [0.1, 0.15) is 51.9 Å². The van der Waals surface area contributed by atoms with Crippen LogP contribution in [0.2, 0.25) is 0 Å². The van der Waals surface area contributed by atoms with Gasteiger partial charge >= 0.3 is 0 Å². The van der Waals surface area contributed by atoms with Gasteiger partial charge in [-0.25, -0.2) is 0 Å². The first-order valence-corrected chi connectivity index (χ1v) is 6.77. The summed E-state index contributed by atoms with van der Waals surface area (Å²) in [4.78, 5) is 11.4. The average Bonchev–Trinajstić information content (AvgIpc) is 2.43. The van der Waals surface area contributed by atoms with Gasteiger partial charge in [-0.05, 0) is 31.6 Å². The van der Waals surface area contributed by atoms with Gasteiger partial charge in [0.15, 0.2) is 0 Å². The van der Waals surface area contributed by atoms with Crippen molar-refractivity contribution in [3.63, 3.8) is 0 Å². The number of hydrogen-bond acceptors (Lipinski definition) is 2. The molecule has 0 aromatic carbocycles. The summed E-state index contributed by atoms with van der Waals surface area (Å²) in [6, 6.07) is 1.07. The van der Waals surface area contributed by atoms with Gasteiger partial charge in [0.1, 0.15) is 0 Å². The van der Waals surface area contributed by atoms with Gasteiger partial charge in [0.2, 0.25) is 5.91 Å². The minimum atomic E-state index is 0.221. The fourth-order valence-electron chi connectivity index (χ4n) is 3.04. The topological polar surface area (TPSA) is 41.1 Å². The second-order valence-electron chi connectivity index (χ2n) is 5.53. The molecule has 3 atom stereocenters. The zero-order valence-corrected chi connectivity index (χ0v) is 10.3. The van der Waals surface area contributed by atoms with Crippen molar-refractivity contribution in [3.05, 3.63) is 0 Å². The van der Waals surface area contributed by atoms with Crippen LogP contribution in [0.5, 0.6) is 0 Å². The van der Waals surface area contributed by atoms with E-state index in [1.807, 2.05) is 0 Å². The molecule has 1 saturated heterocycles. The largest absolute Gasteiger partial charge is 0.356 e. The molecule has 2 fully saturated rings. The molecule has 2 aliphatic rings. The first-order valence-electron chi connectivity index (χ1n) is 6.77. The zero-order chi connectivity index (χ0) is 11.4. The third kappa shape index (κ3) is 3.48. The van der Waals surface area contributed by atoms with Crippen molar-refractivity contribution in [2.24, 2.45) is 5.92 Å². The molecular formula is C13H24N2O. The van der Waals surface area contributed by atoms with Crippen LogP contribution in [-0.4, -0.2) is 24.5 Å². The maximum absolute atomic E-state index is 11.4. The number of carbonyl (C=O) groups is 1. The summed E-state index contributed by atoms with van der Waals surface area (Å²) in [5, 5.41) is 6.64. The van der Waals surface area contributed by atoms with Gasteiger partial charge in [-0.3, -0.25) is 4.79 Å². The molecule has 3 heteroatoms. The lowest BCUT2D eigenvalue weighted by Gasteiger charge is -2.30. The Labute approximate surface area is 98.4 Å². The molecule has 16 heavy (non-hydrogen) atoms. The summed E-state index contributed by atoms with van der Waals surface area (Å²) in [7, 11) is 0. The minimum absolute atomic E-state index is 0.221. The van der Waals surface area contributed by atoms with E-state index in [-0.39, 0.29) is 5.91 Å². The SMILES string of the molecule is CC1CCCC(NC2CCCNC(=O)C2)C1. The van der Waals surface area contributed by atoms with Gasteiger partial charge in [-0.2, -0.15) is 0 Å². The highest BCUT2D eigenvalue weighted by Crippen LogP contribution is 2.24. The Balaban J connectivity index is 1.80. The summed E-state index contributed by atoms with van der Waals surface area (Å²) in [6.45, 7) is 3.20. The molecule has 0 bridgehead atoms. The molecule has 2 N–H and O–H groups in total. The second-order valence-corrected chi connectivity index (χ2v) is 5.53. The zero-order valence-electron chi connectivity index (χ0n) is 10.3. The van der Waals surface area contributed by atoms with E-state index in [1.165, 1.54) is 25.7 Å². The number of amides is 1. The van der Waals surface area contributed by atoms with Crippen LogP contribution >= 0.6 is 0 Å². The molecule has 1 saturated carbocycles. The van der Waals surface area contributed by atoms with E-state index in [2.05, 4.69) is 17.6 Å². The van der Waals surface area contributed by atoms with E-state index in [4.69, 9.17) is 0 Å². The number of carbonyl (C=O) groups excluding carboxylic acids is 1. The Morgan fingerprint density at radius 3 is 2.81 bits per heavy atom. The second kappa shape index (κ2) is 5.67. The quantitative estimate of drug-likeness (QED) is 0.751. The van der Waals surface area contributed by atoms with E-state index in [9.17, 15) is 4.79 Å². The van der Waals surface area contributed by atoms with Crippen molar-refractivity contribution >= 4 is 5.91 Å². The van der Waals surface area contributed by atoms with Crippen LogP contribution in [0, 0.1) is 5.92 Å². The third-order valence-electron chi connectivity index (χ3n) is 3.89. The van der Waals surface area contributed by atoms with Crippen LogP contribution < -0.4 is 10.6 Å². The van der Waals surface area contributed by atoms with Crippen molar-refractivity contribution in [2.45, 2.75) is 64.0 Å². The van der Waals surface area contributed by atoms with Gasteiger partial charge in [0.05, 0.1) is 0 Å². The van der Waals surface area contributed by atoms with Crippen LogP contribution in [-0.2, 0) is 4.79 Å². The van der Waals surface area contributed by atoms with Crippen LogP contribution in [0.3, 0.4) is 0 Å². The number of hydrogen-bond donors (Lipinski definition) is 2. The molecule has 0 aromatic heterocycles. The van der Waals surface area contributed by atoms with E-state index < -0.39 is 0 Å². The maximum atomic E-state index is 11.4. The van der Waals surface area contributed by atoms with Gasteiger partial charge < -0.3 is 10.6 Å². The molecule has 92 valence electrons. The van der Waals surface area contributed by atoms with Crippen molar-refractivity contribution < 1.29 is 4.79 Å². The molecule has 3 nitrogen and oxygen atoms in total. The van der Waals surface area contributed by atoms with Gasteiger partial charge in [-0.1, -0.05) is 19.8 Å². The highest BCUT2D eigenvalue weighted by atomic mass is 16.1. The molecule has 1 aliphatic heterocycles. The van der Waals surface area contributed by atoms with Gasteiger partial charge in [0.25, 0.3) is 0 Å². The van der Waals surface area contributed by atoms with Gasteiger partial charge in [0, 0.05) is 25.0 Å². The maximum Gasteiger partial charge on any atom is 0.221 e.